The van der Waals surface area contributed by atoms with Crippen molar-refractivity contribution in [2.75, 3.05) is 19.5 Å². The first kappa shape index (κ1) is 16.1. The Morgan fingerprint density at radius 1 is 1.14 bits per heavy atom. The lowest BCUT2D eigenvalue weighted by molar-refractivity contribution is -0.115. The van der Waals surface area contributed by atoms with Gasteiger partial charge in [-0.15, -0.1) is 0 Å². The maximum atomic E-state index is 12.8. The first-order valence-corrected chi connectivity index (χ1v) is 6.87. The van der Waals surface area contributed by atoms with Crippen LogP contribution in [0.5, 0.6) is 11.5 Å². The van der Waals surface area contributed by atoms with Gasteiger partial charge in [-0.05, 0) is 17.7 Å². The summed E-state index contributed by atoms with van der Waals surface area (Å²) < 4.78 is 23.2. The zero-order valence-electron chi connectivity index (χ0n) is 12.2. The number of carbonyl (C=O) groups excluding carboxylic acids is 1. The van der Waals surface area contributed by atoms with Crippen LogP contribution in [0.3, 0.4) is 0 Å². The van der Waals surface area contributed by atoms with Gasteiger partial charge in [-0.1, -0.05) is 23.7 Å². The summed E-state index contributed by atoms with van der Waals surface area (Å²) in [6.07, 6.45) is 0.119. The van der Waals surface area contributed by atoms with E-state index in [1.165, 1.54) is 26.4 Å². The highest BCUT2D eigenvalue weighted by Crippen LogP contribution is 2.35. The number of benzene rings is 2. The molecule has 0 aliphatic carbocycles. The Bertz CT molecular complexity index is 674. The molecular formula is C16H15ClFNO3. The molecule has 4 nitrogen and oxygen atoms in total. The Morgan fingerprint density at radius 2 is 1.77 bits per heavy atom. The van der Waals surface area contributed by atoms with Gasteiger partial charge in [0.1, 0.15) is 17.3 Å². The standard InChI is InChI=1S/C16H15ClFNO3/c1-21-14-9-13(15(22-2)8-12(14)17)19-16(20)7-10-3-5-11(18)6-4-10/h3-6,8-9H,7H2,1-2H3,(H,19,20). The summed E-state index contributed by atoms with van der Waals surface area (Å²) >= 11 is 6.01. The molecule has 0 bridgehead atoms. The molecule has 22 heavy (non-hydrogen) atoms. The molecule has 1 amide bonds. The van der Waals surface area contributed by atoms with Crippen molar-refractivity contribution in [2.45, 2.75) is 6.42 Å². The molecule has 2 rings (SSSR count). The number of amides is 1. The lowest BCUT2D eigenvalue weighted by atomic mass is 10.1. The predicted octanol–water partition coefficient (Wildman–Crippen LogP) is 3.68. The number of hydrogen-bond donors (Lipinski definition) is 1. The first-order chi connectivity index (χ1) is 10.5. The Labute approximate surface area is 132 Å². The summed E-state index contributed by atoms with van der Waals surface area (Å²) in [6.45, 7) is 0. The largest absolute Gasteiger partial charge is 0.495 e. The van der Waals surface area contributed by atoms with E-state index in [1.54, 1.807) is 24.3 Å². The SMILES string of the molecule is COc1cc(NC(=O)Cc2ccc(F)cc2)c(OC)cc1Cl. The number of carbonyl (C=O) groups is 1. The van der Waals surface area contributed by atoms with Crippen LogP contribution in [0.1, 0.15) is 5.56 Å². The molecule has 116 valence electrons. The predicted molar refractivity (Wildman–Crippen MR) is 83.3 cm³/mol. The maximum Gasteiger partial charge on any atom is 0.228 e. The minimum Gasteiger partial charge on any atom is -0.495 e. The van der Waals surface area contributed by atoms with Crippen LogP contribution in [0.4, 0.5) is 10.1 Å². The third kappa shape index (κ3) is 3.89. The van der Waals surface area contributed by atoms with E-state index >= 15 is 0 Å². The highest BCUT2D eigenvalue weighted by molar-refractivity contribution is 6.32. The molecule has 1 N–H and O–H groups in total. The number of rotatable bonds is 5. The lowest BCUT2D eigenvalue weighted by Gasteiger charge is -2.13. The highest BCUT2D eigenvalue weighted by atomic mass is 35.5. The molecule has 0 fully saturated rings. The summed E-state index contributed by atoms with van der Waals surface area (Å²) in [6, 6.07) is 8.91. The van der Waals surface area contributed by atoms with Crippen LogP contribution in [-0.2, 0) is 11.2 Å². The van der Waals surface area contributed by atoms with Crippen LogP contribution in [0.15, 0.2) is 36.4 Å². The number of halogens is 2. The second-order valence-corrected chi connectivity index (χ2v) is 4.95. The van der Waals surface area contributed by atoms with Crippen LogP contribution in [-0.4, -0.2) is 20.1 Å². The van der Waals surface area contributed by atoms with Gasteiger partial charge in [0.25, 0.3) is 0 Å². The van der Waals surface area contributed by atoms with Crippen LogP contribution in [0.25, 0.3) is 0 Å². The monoisotopic (exact) mass is 323 g/mol. The minimum atomic E-state index is -0.340. The van der Waals surface area contributed by atoms with Gasteiger partial charge in [0.15, 0.2) is 0 Å². The van der Waals surface area contributed by atoms with E-state index in [-0.39, 0.29) is 18.1 Å². The Morgan fingerprint density at radius 3 is 2.36 bits per heavy atom. The van der Waals surface area contributed by atoms with Gasteiger partial charge in [0, 0.05) is 12.1 Å². The summed E-state index contributed by atoms with van der Waals surface area (Å²) in [5.41, 5.74) is 1.16. The van der Waals surface area contributed by atoms with Crippen molar-refractivity contribution >= 4 is 23.2 Å². The van der Waals surface area contributed by atoms with Gasteiger partial charge in [0.05, 0.1) is 31.4 Å². The molecule has 6 heteroatoms. The fourth-order valence-electron chi connectivity index (χ4n) is 1.94. The second-order valence-electron chi connectivity index (χ2n) is 4.54. The molecular weight excluding hydrogens is 309 g/mol. The molecule has 0 saturated carbocycles. The Kier molecular flexibility index (Phi) is 5.22. The van der Waals surface area contributed by atoms with Crippen molar-refractivity contribution in [3.63, 3.8) is 0 Å². The van der Waals surface area contributed by atoms with Crippen molar-refractivity contribution in [3.8, 4) is 11.5 Å². The molecule has 0 aliphatic rings. The molecule has 0 radical (unpaired) electrons. The topological polar surface area (TPSA) is 47.6 Å². The quantitative estimate of drug-likeness (QED) is 0.913. The molecule has 0 aliphatic heterocycles. The summed E-state index contributed by atoms with van der Waals surface area (Å²) in [7, 11) is 2.96. The summed E-state index contributed by atoms with van der Waals surface area (Å²) in [5.74, 6) is 0.264. The van der Waals surface area contributed by atoms with Crippen molar-refractivity contribution in [2.24, 2.45) is 0 Å². The van der Waals surface area contributed by atoms with Gasteiger partial charge in [-0.25, -0.2) is 4.39 Å². The van der Waals surface area contributed by atoms with Gasteiger partial charge < -0.3 is 14.8 Å². The van der Waals surface area contributed by atoms with Crippen LogP contribution in [0, 0.1) is 5.82 Å². The number of anilines is 1. The van der Waals surface area contributed by atoms with Crippen LogP contribution >= 0.6 is 11.6 Å². The number of ether oxygens (including phenoxy) is 2. The zero-order chi connectivity index (χ0) is 16.1. The van der Waals surface area contributed by atoms with Crippen LogP contribution < -0.4 is 14.8 Å². The molecule has 0 heterocycles. The minimum absolute atomic E-state index is 0.119. The van der Waals surface area contributed by atoms with E-state index in [1.807, 2.05) is 0 Å². The van der Waals surface area contributed by atoms with E-state index in [0.717, 1.165) is 0 Å². The molecule has 2 aromatic carbocycles. The molecule has 0 unspecified atom stereocenters. The average molecular weight is 324 g/mol. The zero-order valence-corrected chi connectivity index (χ0v) is 12.9. The lowest BCUT2D eigenvalue weighted by Crippen LogP contribution is -2.15. The Balaban J connectivity index is 2.15. The smallest absolute Gasteiger partial charge is 0.228 e. The van der Waals surface area contributed by atoms with Gasteiger partial charge in [-0.3, -0.25) is 4.79 Å². The van der Waals surface area contributed by atoms with E-state index in [9.17, 15) is 9.18 Å². The van der Waals surface area contributed by atoms with E-state index in [4.69, 9.17) is 21.1 Å². The summed E-state index contributed by atoms with van der Waals surface area (Å²) in [5, 5.41) is 3.12. The first-order valence-electron chi connectivity index (χ1n) is 6.49. The van der Waals surface area contributed by atoms with Crippen molar-refractivity contribution in [3.05, 3.63) is 52.8 Å². The number of methoxy groups -OCH3 is 2. The van der Waals surface area contributed by atoms with Gasteiger partial charge in [-0.2, -0.15) is 0 Å². The molecule has 0 spiro atoms. The second kappa shape index (κ2) is 7.13. The maximum absolute atomic E-state index is 12.8. The molecule has 0 saturated heterocycles. The normalized spacial score (nSPS) is 10.2. The Hall–Kier alpha value is -2.27. The van der Waals surface area contributed by atoms with Crippen molar-refractivity contribution in [1.29, 1.82) is 0 Å². The number of nitrogens with one attached hydrogen (secondary N) is 1. The van der Waals surface area contributed by atoms with Gasteiger partial charge >= 0.3 is 0 Å². The van der Waals surface area contributed by atoms with Gasteiger partial charge in [0.2, 0.25) is 5.91 Å². The third-order valence-corrected chi connectivity index (χ3v) is 3.32. The molecule has 0 atom stereocenters. The van der Waals surface area contributed by atoms with Crippen LogP contribution in [0.2, 0.25) is 5.02 Å². The third-order valence-electron chi connectivity index (χ3n) is 3.03. The van der Waals surface area contributed by atoms with E-state index in [0.29, 0.717) is 27.8 Å². The van der Waals surface area contributed by atoms with E-state index in [2.05, 4.69) is 5.32 Å². The average Bonchev–Trinajstić information content (AvgIpc) is 2.50. The summed E-state index contributed by atoms with van der Waals surface area (Å²) in [4.78, 5) is 12.1. The highest BCUT2D eigenvalue weighted by Gasteiger charge is 2.13. The van der Waals surface area contributed by atoms with Crippen molar-refractivity contribution in [1.82, 2.24) is 0 Å². The number of hydrogen-bond acceptors (Lipinski definition) is 3. The molecule has 2 aromatic rings. The fraction of sp³-hybridized carbons (Fsp3) is 0.188. The fourth-order valence-corrected chi connectivity index (χ4v) is 2.17. The molecule has 0 aromatic heterocycles. The van der Waals surface area contributed by atoms with Crippen molar-refractivity contribution < 1.29 is 18.7 Å². The van der Waals surface area contributed by atoms with E-state index < -0.39 is 0 Å².